The molecule has 180 valence electrons. The molecular formula is C20H17Cl2N3O8S. The quantitative estimate of drug-likeness (QED) is 0.535. The maximum atomic E-state index is 13.1. The van der Waals surface area contributed by atoms with Crippen LogP contribution in [0.25, 0.3) is 0 Å². The summed E-state index contributed by atoms with van der Waals surface area (Å²) in [5.41, 5.74) is 0.334. The zero-order valence-electron chi connectivity index (χ0n) is 17.1. The van der Waals surface area contributed by atoms with Gasteiger partial charge in [0, 0.05) is 10.7 Å². The Morgan fingerprint density at radius 1 is 1.00 bits per heavy atom. The number of nitrogens with one attached hydrogen (secondary N) is 1. The number of ether oxygens (including phenoxy) is 2. The summed E-state index contributed by atoms with van der Waals surface area (Å²) in [7, 11) is 0. The third-order valence-electron chi connectivity index (χ3n) is 5.19. The minimum atomic E-state index is -1.40. The first-order chi connectivity index (χ1) is 16.2. The first kappa shape index (κ1) is 24.2. The Hall–Kier alpha value is -2.90. The van der Waals surface area contributed by atoms with Crippen LogP contribution in [-0.2, 0) is 19.1 Å². The largest absolute Gasteiger partial charge is 0.480 e. The first-order valence-electron chi connectivity index (χ1n) is 9.79. The van der Waals surface area contributed by atoms with E-state index in [4.69, 9.17) is 32.7 Å². The van der Waals surface area contributed by atoms with E-state index < -0.39 is 55.1 Å². The number of carbonyl (C=O) groups excluding carboxylic acids is 2. The Kier molecular flexibility index (Phi) is 6.96. The summed E-state index contributed by atoms with van der Waals surface area (Å²) < 4.78 is 11.5. The maximum absolute atomic E-state index is 13.1. The van der Waals surface area contributed by atoms with Gasteiger partial charge in [-0.2, -0.15) is 0 Å². The van der Waals surface area contributed by atoms with E-state index in [0.717, 1.165) is 21.1 Å². The molecule has 2 aliphatic heterocycles. The van der Waals surface area contributed by atoms with Gasteiger partial charge < -0.3 is 29.9 Å². The number of aliphatic carboxylic acids is 2. The highest BCUT2D eigenvalue weighted by molar-refractivity contribution is 7.17. The molecular weight excluding hydrogens is 513 g/mol. The summed E-state index contributed by atoms with van der Waals surface area (Å²) >= 11 is 12.8. The van der Waals surface area contributed by atoms with Crippen LogP contribution in [0.3, 0.4) is 0 Å². The van der Waals surface area contributed by atoms with Gasteiger partial charge in [-0.1, -0.05) is 23.2 Å². The van der Waals surface area contributed by atoms with Gasteiger partial charge in [-0.05, 0) is 36.4 Å². The number of anilines is 1. The molecule has 3 heterocycles. The molecule has 0 radical (unpaired) electrons. The van der Waals surface area contributed by atoms with E-state index in [1.165, 1.54) is 36.4 Å². The number of amides is 3. The van der Waals surface area contributed by atoms with Crippen molar-refractivity contribution in [3.63, 3.8) is 0 Å². The van der Waals surface area contributed by atoms with E-state index >= 15 is 0 Å². The molecule has 3 N–H and O–H groups in total. The number of carboxylic acid groups (broad SMARTS) is 2. The van der Waals surface area contributed by atoms with Crippen LogP contribution in [-0.4, -0.2) is 81.6 Å². The molecule has 14 heteroatoms. The van der Waals surface area contributed by atoms with Crippen LogP contribution in [0.4, 0.5) is 10.5 Å². The van der Waals surface area contributed by atoms with Gasteiger partial charge in [0.2, 0.25) is 0 Å². The summed E-state index contributed by atoms with van der Waals surface area (Å²) in [5, 5.41) is 22.1. The normalized spacial score (nSPS) is 24.3. The number of hydrogen-bond donors (Lipinski definition) is 3. The molecule has 34 heavy (non-hydrogen) atoms. The molecule has 0 saturated carbocycles. The summed E-state index contributed by atoms with van der Waals surface area (Å²) in [6, 6.07) is 6.85. The van der Waals surface area contributed by atoms with E-state index in [1.807, 2.05) is 0 Å². The second-order valence-electron chi connectivity index (χ2n) is 7.34. The number of carbonyl (C=O) groups is 4. The summed E-state index contributed by atoms with van der Waals surface area (Å²) in [4.78, 5) is 51.8. The summed E-state index contributed by atoms with van der Waals surface area (Å²) in [6.07, 6.45) is -4.18. The van der Waals surface area contributed by atoms with Crippen molar-refractivity contribution >= 4 is 64.1 Å². The zero-order chi connectivity index (χ0) is 24.6. The Morgan fingerprint density at radius 2 is 1.71 bits per heavy atom. The monoisotopic (exact) mass is 529 g/mol. The molecule has 0 aliphatic carbocycles. The number of benzene rings is 1. The van der Waals surface area contributed by atoms with Crippen LogP contribution < -0.4 is 5.32 Å². The van der Waals surface area contributed by atoms with Gasteiger partial charge in [0.15, 0.2) is 24.6 Å². The van der Waals surface area contributed by atoms with Crippen LogP contribution >= 0.6 is 34.5 Å². The van der Waals surface area contributed by atoms with Crippen LogP contribution in [0.2, 0.25) is 9.36 Å². The lowest BCUT2D eigenvalue weighted by molar-refractivity contribution is -0.157. The molecule has 2 fully saturated rings. The molecule has 2 aromatic rings. The van der Waals surface area contributed by atoms with Gasteiger partial charge in [-0.3, -0.25) is 9.69 Å². The van der Waals surface area contributed by atoms with Crippen molar-refractivity contribution in [1.82, 2.24) is 9.80 Å². The Balaban J connectivity index is 1.64. The molecule has 4 unspecified atom stereocenters. The second-order valence-corrected chi connectivity index (χ2v) is 9.49. The molecule has 2 saturated heterocycles. The van der Waals surface area contributed by atoms with Crippen molar-refractivity contribution in [2.24, 2.45) is 0 Å². The standard InChI is InChI=1S/C20H17Cl2N3O8S/c21-9-1-3-10(4-2-9)23-20(31)25-11(18(27)28)8-32-17(25)16-24(7-12(33-16)19(29)30)15(26)13-5-6-14(22)34-13/h1-6,11-12,16-17H,7-8H2,(H,23,31)(H,27,28)(H,29,30). The van der Waals surface area contributed by atoms with Crippen LogP contribution in [0.15, 0.2) is 36.4 Å². The smallest absolute Gasteiger partial charge is 0.334 e. The molecule has 2 aliphatic rings. The third-order valence-corrected chi connectivity index (χ3v) is 6.66. The highest BCUT2D eigenvalue weighted by Gasteiger charge is 2.53. The number of halogens is 2. The van der Waals surface area contributed by atoms with Gasteiger partial charge in [-0.15, -0.1) is 11.3 Å². The molecule has 4 atom stereocenters. The fourth-order valence-corrected chi connectivity index (χ4v) is 4.74. The van der Waals surface area contributed by atoms with Crippen molar-refractivity contribution in [3.05, 3.63) is 50.6 Å². The van der Waals surface area contributed by atoms with Gasteiger partial charge in [-0.25, -0.2) is 14.4 Å². The van der Waals surface area contributed by atoms with Crippen molar-refractivity contribution in [2.45, 2.75) is 24.6 Å². The summed E-state index contributed by atoms with van der Waals surface area (Å²) in [6.45, 7) is -0.725. The molecule has 1 aromatic heterocycles. The van der Waals surface area contributed by atoms with Crippen LogP contribution in [0.1, 0.15) is 9.67 Å². The van der Waals surface area contributed by atoms with Crippen molar-refractivity contribution < 1.29 is 38.9 Å². The molecule has 3 amide bonds. The maximum Gasteiger partial charge on any atom is 0.334 e. The predicted octanol–water partition coefficient (Wildman–Crippen LogP) is 2.65. The van der Waals surface area contributed by atoms with Crippen LogP contribution in [0.5, 0.6) is 0 Å². The number of thiophene rings is 1. The topological polar surface area (TPSA) is 146 Å². The average molecular weight is 530 g/mol. The zero-order valence-corrected chi connectivity index (χ0v) is 19.4. The lowest BCUT2D eigenvalue weighted by atomic mass is 10.2. The van der Waals surface area contributed by atoms with Gasteiger partial charge in [0.05, 0.1) is 22.4 Å². The molecule has 0 spiro atoms. The van der Waals surface area contributed by atoms with E-state index in [2.05, 4.69) is 5.32 Å². The Bertz CT molecular complexity index is 1130. The second kappa shape index (κ2) is 9.76. The van der Waals surface area contributed by atoms with Gasteiger partial charge in [0.25, 0.3) is 5.91 Å². The fourth-order valence-electron chi connectivity index (χ4n) is 3.61. The SMILES string of the molecule is O=C(O)C1CN(C(=O)c2ccc(Cl)s2)C(C2OCC(C(=O)O)N2C(=O)Nc2ccc(Cl)cc2)O1. The van der Waals surface area contributed by atoms with Crippen molar-refractivity contribution in [2.75, 3.05) is 18.5 Å². The molecule has 1 aromatic carbocycles. The number of carboxylic acids is 2. The lowest BCUT2D eigenvalue weighted by Gasteiger charge is -2.33. The van der Waals surface area contributed by atoms with Gasteiger partial charge >= 0.3 is 18.0 Å². The highest BCUT2D eigenvalue weighted by atomic mass is 35.5. The molecule has 11 nitrogen and oxygen atoms in total. The Labute approximate surface area is 206 Å². The average Bonchev–Trinajstić information content (AvgIpc) is 3.52. The number of nitrogens with zero attached hydrogens (tertiary/aromatic N) is 2. The van der Waals surface area contributed by atoms with E-state index in [-0.39, 0.29) is 11.4 Å². The third kappa shape index (κ3) is 4.81. The van der Waals surface area contributed by atoms with E-state index in [0.29, 0.717) is 15.0 Å². The van der Waals surface area contributed by atoms with Gasteiger partial charge in [0.1, 0.15) is 0 Å². The first-order valence-corrected chi connectivity index (χ1v) is 11.4. The number of urea groups is 1. The molecule has 4 rings (SSSR count). The lowest BCUT2D eigenvalue weighted by Crippen LogP contribution is -2.55. The van der Waals surface area contributed by atoms with Crippen molar-refractivity contribution in [3.8, 4) is 0 Å². The number of hydrogen-bond acceptors (Lipinski definition) is 7. The Morgan fingerprint density at radius 3 is 2.29 bits per heavy atom. The predicted molar refractivity (Wildman–Crippen MR) is 120 cm³/mol. The fraction of sp³-hybridized carbons (Fsp3) is 0.300. The minimum Gasteiger partial charge on any atom is -0.480 e. The van der Waals surface area contributed by atoms with E-state index in [9.17, 15) is 29.4 Å². The van der Waals surface area contributed by atoms with Crippen molar-refractivity contribution in [1.29, 1.82) is 0 Å². The summed E-state index contributed by atoms with van der Waals surface area (Å²) in [5.74, 6) is -3.26. The minimum absolute atomic E-state index is 0.217. The molecule has 0 bridgehead atoms. The highest BCUT2D eigenvalue weighted by Crippen LogP contribution is 2.32. The number of rotatable bonds is 5. The van der Waals surface area contributed by atoms with E-state index in [1.54, 1.807) is 0 Å². The van der Waals surface area contributed by atoms with Crippen LogP contribution in [0, 0.1) is 0 Å².